The zero-order valence-electron chi connectivity index (χ0n) is 26.2. The number of nitrogens with zero attached hydrogens (tertiary/aromatic N) is 3. The lowest BCUT2D eigenvalue weighted by molar-refractivity contribution is -0.385. The Morgan fingerprint density at radius 1 is 0.633 bits per heavy atom. The van der Waals surface area contributed by atoms with Crippen LogP contribution in [-0.4, -0.2) is 38.7 Å². The average Bonchev–Trinajstić information content (AvgIpc) is 3.51. The minimum absolute atomic E-state index is 0.0246. The molecule has 17 heteroatoms. The monoisotopic (exact) mass is 706 g/mol. The number of nitro groups is 2. The molecule has 0 radical (unpaired) electrons. The van der Waals surface area contributed by atoms with Crippen LogP contribution in [0, 0.1) is 34.1 Å². The molecule has 5 aromatic rings. The number of aromatic nitrogens is 1. The first-order valence-corrected chi connectivity index (χ1v) is 17.5. The third-order valence-corrected chi connectivity index (χ3v) is 10.4. The fourth-order valence-electron chi connectivity index (χ4n) is 4.85. The maximum absolute atomic E-state index is 13.6. The van der Waals surface area contributed by atoms with E-state index in [1.54, 1.807) is 38.1 Å². The van der Waals surface area contributed by atoms with Gasteiger partial charge in [-0.05, 0) is 49.2 Å². The number of hydrogen-bond acceptors (Lipinski definition) is 11. The summed E-state index contributed by atoms with van der Waals surface area (Å²) in [5.41, 5.74) is 1.64. The van der Waals surface area contributed by atoms with Gasteiger partial charge in [-0.3, -0.25) is 20.2 Å². The van der Waals surface area contributed by atoms with E-state index in [-0.39, 0.29) is 49.8 Å². The Morgan fingerprint density at radius 3 is 1.41 bits per heavy atom. The molecule has 0 saturated carbocycles. The molecule has 2 atom stereocenters. The van der Waals surface area contributed by atoms with Gasteiger partial charge in [0.25, 0.3) is 11.4 Å². The van der Waals surface area contributed by atoms with Gasteiger partial charge in [-0.1, -0.05) is 59.7 Å². The second-order valence-electron chi connectivity index (χ2n) is 10.9. The first-order chi connectivity index (χ1) is 23.2. The van der Waals surface area contributed by atoms with Crippen LogP contribution in [0.2, 0.25) is 0 Å². The summed E-state index contributed by atoms with van der Waals surface area (Å²) < 4.78 is 65.7. The van der Waals surface area contributed by atoms with Crippen molar-refractivity contribution in [2.24, 2.45) is 0 Å². The molecule has 4 aromatic carbocycles. The van der Waals surface area contributed by atoms with Gasteiger partial charge in [-0.15, -0.1) is 0 Å². The van der Waals surface area contributed by atoms with Gasteiger partial charge in [0.05, 0.1) is 25.7 Å². The Bertz CT molecular complexity index is 2210. The number of non-ortho nitro benzene ring substituents is 2. The van der Waals surface area contributed by atoms with Crippen molar-refractivity contribution >= 4 is 37.3 Å². The lowest BCUT2D eigenvalue weighted by atomic mass is 10.0. The molecule has 0 saturated heterocycles. The predicted molar refractivity (Wildman–Crippen MR) is 179 cm³/mol. The predicted octanol–water partition coefficient (Wildman–Crippen LogP) is 5.29. The minimum Gasteiger partial charge on any atom is -0.423 e. The molecule has 15 nitrogen and oxygen atoms in total. The van der Waals surface area contributed by atoms with Crippen molar-refractivity contribution in [1.29, 1.82) is 0 Å². The van der Waals surface area contributed by atoms with Crippen molar-refractivity contribution < 1.29 is 31.1 Å². The number of anilines is 1. The summed E-state index contributed by atoms with van der Waals surface area (Å²) >= 11 is 0. The van der Waals surface area contributed by atoms with Gasteiger partial charge in [0, 0.05) is 31.3 Å². The molecule has 0 spiro atoms. The highest BCUT2D eigenvalue weighted by Gasteiger charge is 2.33. The molecular formula is C32H30N6O9S2. The van der Waals surface area contributed by atoms with Gasteiger partial charge in [-0.2, -0.15) is 9.44 Å². The molecule has 1 aromatic heterocycles. The highest BCUT2D eigenvalue weighted by atomic mass is 32.2. The largest absolute Gasteiger partial charge is 0.423 e. The topological polar surface area (TPSA) is 217 Å². The van der Waals surface area contributed by atoms with E-state index in [1.165, 1.54) is 79.8 Å². The Kier molecular flexibility index (Phi) is 9.90. The summed E-state index contributed by atoms with van der Waals surface area (Å²) in [6.45, 7) is 3.60. The maximum Gasteiger partial charge on any atom is 0.269 e. The van der Waals surface area contributed by atoms with Crippen LogP contribution in [0.1, 0.15) is 45.9 Å². The van der Waals surface area contributed by atoms with Crippen molar-refractivity contribution in [1.82, 2.24) is 14.4 Å². The molecule has 0 aliphatic carbocycles. The van der Waals surface area contributed by atoms with Gasteiger partial charge >= 0.3 is 0 Å². The van der Waals surface area contributed by atoms with Gasteiger partial charge in [0.15, 0.2) is 0 Å². The number of benzene rings is 4. The van der Waals surface area contributed by atoms with Gasteiger partial charge in [-0.25, -0.2) is 21.8 Å². The first-order valence-electron chi connectivity index (χ1n) is 14.5. The van der Waals surface area contributed by atoms with Crippen molar-refractivity contribution in [3.8, 4) is 0 Å². The third kappa shape index (κ3) is 7.81. The molecule has 5 rings (SSSR count). The quantitative estimate of drug-likeness (QED) is 0.106. The van der Waals surface area contributed by atoms with Crippen molar-refractivity contribution in [3.63, 3.8) is 0 Å². The van der Waals surface area contributed by atoms with Crippen molar-refractivity contribution in [2.45, 2.75) is 35.7 Å². The highest BCUT2D eigenvalue weighted by molar-refractivity contribution is 7.89. The Morgan fingerprint density at radius 2 is 1.02 bits per heavy atom. The lowest BCUT2D eigenvalue weighted by Crippen LogP contribution is -2.31. The number of nitro benzene ring substituents is 2. The van der Waals surface area contributed by atoms with Crippen LogP contribution in [0.3, 0.4) is 0 Å². The number of oxazole rings is 1. The fraction of sp³-hybridized carbons (Fsp3) is 0.156. The third-order valence-electron chi connectivity index (χ3n) is 7.50. The zero-order chi connectivity index (χ0) is 35.5. The molecule has 0 bridgehead atoms. The maximum atomic E-state index is 13.6. The van der Waals surface area contributed by atoms with E-state index in [4.69, 9.17) is 4.42 Å². The number of aryl methyl sites for hydroxylation is 2. The van der Waals surface area contributed by atoms with Crippen LogP contribution in [0.4, 0.5) is 17.3 Å². The molecule has 49 heavy (non-hydrogen) atoms. The van der Waals surface area contributed by atoms with E-state index in [9.17, 15) is 37.1 Å². The fourth-order valence-corrected chi connectivity index (χ4v) is 7.21. The van der Waals surface area contributed by atoms with E-state index in [0.29, 0.717) is 0 Å². The summed E-state index contributed by atoms with van der Waals surface area (Å²) in [5.74, 6) is -0.281. The molecule has 0 aliphatic heterocycles. The molecule has 1 heterocycles. The summed E-state index contributed by atoms with van der Waals surface area (Å²) in [7, 11) is -7.00. The number of hydrogen-bond donors (Lipinski definition) is 3. The summed E-state index contributed by atoms with van der Waals surface area (Å²) in [6, 6.07) is 19.7. The molecule has 0 aliphatic rings. The first kappa shape index (κ1) is 34.8. The highest BCUT2D eigenvalue weighted by Crippen LogP contribution is 2.35. The van der Waals surface area contributed by atoms with E-state index in [2.05, 4.69) is 19.7 Å². The second-order valence-corrected chi connectivity index (χ2v) is 14.4. The van der Waals surface area contributed by atoms with E-state index in [1.807, 2.05) is 0 Å². The molecule has 0 fully saturated rings. The number of sulfonamides is 2. The van der Waals surface area contributed by atoms with E-state index < -0.39 is 42.0 Å². The SMILES string of the molecule is CNc1oc(C(NS(=O)(=O)c2ccc(C)cc2)c2ccc([N+](=O)[O-])cc2)nc1C(NS(=O)(=O)c1ccc(C)cc1)c1ccc([N+](=O)[O-])cc1. The Balaban J connectivity index is 1.65. The Hall–Kier alpha value is -5.49. The van der Waals surface area contributed by atoms with Crippen LogP contribution >= 0.6 is 0 Å². The molecule has 2 unspecified atom stereocenters. The van der Waals surface area contributed by atoms with Crippen LogP contribution < -0.4 is 14.8 Å². The van der Waals surface area contributed by atoms with Crippen LogP contribution in [0.25, 0.3) is 0 Å². The average molecular weight is 707 g/mol. The van der Waals surface area contributed by atoms with Crippen LogP contribution in [0.5, 0.6) is 0 Å². The summed E-state index contributed by atoms with van der Waals surface area (Å²) in [4.78, 5) is 26.0. The van der Waals surface area contributed by atoms with Crippen molar-refractivity contribution in [2.75, 3.05) is 12.4 Å². The summed E-state index contributed by atoms with van der Waals surface area (Å²) in [6.07, 6.45) is 0. The van der Waals surface area contributed by atoms with Crippen LogP contribution in [0.15, 0.2) is 111 Å². The van der Waals surface area contributed by atoms with Crippen molar-refractivity contribution in [3.05, 3.63) is 151 Å². The standard InChI is InChI=1S/C32H30N6O9S2/c1-20-4-16-26(17-5-20)48(43,44)35-28(22-8-12-24(13-9-22)37(39)40)30-31(33-3)47-32(34-30)29(23-10-14-25(15-11-23)38(41)42)36-49(45,46)27-18-6-21(2)7-19-27/h4-19,28-29,33,35-36H,1-3H3. The lowest BCUT2D eigenvalue weighted by Gasteiger charge is -2.19. The van der Waals surface area contributed by atoms with Gasteiger partial charge in [0.2, 0.25) is 31.8 Å². The van der Waals surface area contributed by atoms with E-state index in [0.717, 1.165) is 11.1 Å². The normalized spacial score (nSPS) is 13.0. The molecule has 254 valence electrons. The molecule has 3 N–H and O–H groups in total. The smallest absolute Gasteiger partial charge is 0.269 e. The summed E-state index contributed by atoms with van der Waals surface area (Å²) in [5, 5.41) is 25.5. The van der Waals surface area contributed by atoms with Gasteiger partial charge < -0.3 is 9.73 Å². The number of nitrogens with one attached hydrogen (secondary N) is 3. The number of rotatable bonds is 13. The van der Waals surface area contributed by atoms with Gasteiger partial charge in [0.1, 0.15) is 11.7 Å². The second kappa shape index (κ2) is 13.9. The zero-order valence-corrected chi connectivity index (χ0v) is 27.9. The Labute approximate surface area is 281 Å². The minimum atomic E-state index is -4.24. The van der Waals surface area contributed by atoms with E-state index >= 15 is 0 Å². The molecular weight excluding hydrogens is 677 g/mol. The van der Waals surface area contributed by atoms with Crippen LogP contribution in [-0.2, 0) is 20.0 Å². The molecule has 0 amide bonds.